The first-order valence-corrected chi connectivity index (χ1v) is 6.22. The zero-order valence-corrected chi connectivity index (χ0v) is 10.8. The van der Waals surface area contributed by atoms with Crippen LogP contribution < -0.4 is 5.32 Å². The predicted molar refractivity (Wildman–Crippen MR) is 72.6 cm³/mol. The summed E-state index contributed by atoms with van der Waals surface area (Å²) in [4.78, 5) is 0. The van der Waals surface area contributed by atoms with E-state index in [2.05, 4.69) is 12.2 Å². The molecular weight excluding hydrogens is 226 g/mol. The minimum Gasteiger partial charge on any atom is -0.469 e. The summed E-state index contributed by atoms with van der Waals surface area (Å²) < 4.78 is 5.33. The fraction of sp³-hybridized carbons (Fsp3) is 0.333. The third-order valence-corrected chi connectivity index (χ3v) is 2.90. The van der Waals surface area contributed by atoms with Crippen molar-refractivity contribution in [2.45, 2.75) is 32.4 Å². The lowest BCUT2D eigenvalue weighted by atomic mass is 10.1. The maximum atomic E-state index is 9.72. The van der Waals surface area contributed by atoms with Crippen molar-refractivity contribution in [1.29, 1.82) is 0 Å². The molecule has 0 aliphatic carbocycles. The van der Waals surface area contributed by atoms with E-state index in [1.165, 1.54) is 0 Å². The average molecular weight is 245 g/mol. The van der Waals surface area contributed by atoms with Gasteiger partial charge >= 0.3 is 0 Å². The van der Waals surface area contributed by atoms with Gasteiger partial charge in [0.05, 0.1) is 12.4 Å². The Kier molecular flexibility index (Phi) is 4.05. The van der Waals surface area contributed by atoms with Crippen LogP contribution in [0.25, 0.3) is 0 Å². The molecule has 1 aromatic carbocycles. The quantitative estimate of drug-likeness (QED) is 0.848. The van der Waals surface area contributed by atoms with E-state index in [1.807, 2.05) is 36.4 Å². The van der Waals surface area contributed by atoms with Gasteiger partial charge in [0.25, 0.3) is 0 Å². The van der Waals surface area contributed by atoms with Crippen molar-refractivity contribution in [3.05, 3.63) is 54.0 Å². The Bertz CT molecular complexity index is 477. The largest absolute Gasteiger partial charge is 0.469 e. The highest BCUT2D eigenvalue weighted by molar-refractivity contribution is 5.52. The third kappa shape index (κ3) is 3.14. The molecule has 3 heteroatoms. The number of aliphatic hydroxyl groups is 1. The maximum Gasteiger partial charge on any atom is 0.105 e. The fourth-order valence-electron chi connectivity index (χ4n) is 2.04. The normalized spacial score (nSPS) is 14.2. The van der Waals surface area contributed by atoms with Gasteiger partial charge in [-0.1, -0.05) is 18.2 Å². The van der Waals surface area contributed by atoms with Gasteiger partial charge in [-0.25, -0.2) is 0 Å². The summed E-state index contributed by atoms with van der Waals surface area (Å²) in [5.74, 6) is 0.963. The van der Waals surface area contributed by atoms with E-state index in [4.69, 9.17) is 4.42 Å². The van der Waals surface area contributed by atoms with Gasteiger partial charge in [-0.15, -0.1) is 0 Å². The van der Waals surface area contributed by atoms with Crippen LogP contribution in [0.4, 0.5) is 5.69 Å². The van der Waals surface area contributed by atoms with E-state index in [-0.39, 0.29) is 6.04 Å². The molecule has 3 nitrogen and oxygen atoms in total. The van der Waals surface area contributed by atoms with Crippen molar-refractivity contribution in [2.75, 3.05) is 5.32 Å². The molecule has 0 bridgehead atoms. The highest BCUT2D eigenvalue weighted by atomic mass is 16.3. The fourth-order valence-corrected chi connectivity index (χ4v) is 2.04. The summed E-state index contributed by atoms with van der Waals surface area (Å²) in [6.45, 7) is 3.87. The molecule has 2 aromatic rings. The van der Waals surface area contributed by atoms with Crippen LogP contribution in [0, 0.1) is 0 Å². The van der Waals surface area contributed by atoms with Gasteiger partial charge in [0.2, 0.25) is 0 Å². The number of aliphatic hydroxyl groups excluding tert-OH is 1. The molecule has 2 rings (SSSR count). The van der Waals surface area contributed by atoms with Crippen molar-refractivity contribution in [2.24, 2.45) is 0 Å². The van der Waals surface area contributed by atoms with Crippen molar-refractivity contribution in [3.8, 4) is 0 Å². The minimum atomic E-state index is -0.468. The molecule has 0 fully saturated rings. The SMILES string of the molecule is CC(Cc1ccco1)Nc1ccccc1C(C)O. The van der Waals surface area contributed by atoms with Crippen LogP contribution >= 0.6 is 0 Å². The molecule has 18 heavy (non-hydrogen) atoms. The Morgan fingerprint density at radius 3 is 2.61 bits per heavy atom. The second-order valence-corrected chi connectivity index (χ2v) is 4.59. The Labute approximate surface area is 107 Å². The zero-order valence-electron chi connectivity index (χ0n) is 10.8. The Morgan fingerprint density at radius 2 is 1.94 bits per heavy atom. The standard InChI is InChI=1S/C15H19NO2/c1-11(10-13-6-5-9-18-13)16-15-8-4-3-7-14(15)12(2)17/h3-9,11-12,16-17H,10H2,1-2H3. The summed E-state index contributed by atoms with van der Waals surface area (Å²) in [6.07, 6.45) is 2.04. The number of anilines is 1. The maximum absolute atomic E-state index is 9.72. The van der Waals surface area contributed by atoms with Crippen LogP contribution in [-0.2, 0) is 6.42 Å². The number of nitrogens with one attached hydrogen (secondary N) is 1. The number of furan rings is 1. The van der Waals surface area contributed by atoms with Crippen molar-refractivity contribution >= 4 is 5.69 Å². The first-order chi connectivity index (χ1) is 8.66. The molecule has 0 saturated heterocycles. The summed E-state index contributed by atoms with van der Waals surface area (Å²) in [5.41, 5.74) is 1.90. The first kappa shape index (κ1) is 12.7. The summed E-state index contributed by atoms with van der Waals surface area (Å²) in [7, 11) is 0. The predicted octanol–water partition coefficient (Wildman–Crippen LogP) is 3.38. The van der Waals surface area contributed by atoms with Crippen molar-refractivity contribution < 1.29 is 9.52 Å². The number of rotatable bonds is 5. The summed E-state index contributed by atoms with van der Waals surface area (Å²) >= 11 is 0. The molecule has 2 unspecified atom stereocenters. The van der Waals surface area contributed by atoms with E-state index >= 15 is 0 Å². The number of hydrogen-bond donors (Lipinski definition) is 2. The second-order valence-electron chi connectivity index (χ2n) is 4.59. The molecule has 0 aliphatic rings. The van der Waals surface area contributed by atoms with E-state index < -0.39 is 6.10 Å². The van der Waals surface area contributed by atoms with Crippen molar-refractivity contribution in [1.82, 2.24) is 0 Å². The zero-order chi connectivity index (χ0) is 13.0. The molecule has 0 amide bonds. The van der Waals surface area contributed by atoms with Crippen LogP contribution in [0.3, 0.4) is 0 Å². The van der Waals surface area contributed by atoms with Gasteiger partial charge in [-0.2, -0.15) is 0 Å². The summed E-state index contributed by atoms with van der Waals surface area (Å²) in [5, 5.41) is 13.1. The summed E-state index contributed by atoms with van der Waals surface area (Å²) in [6, 6.07) is 11.9. The lowest BCUT2D eigenvalue weighted by molar-refractivity contribution is 0.200. The Balaban J connectivity index is 2.04. The molecule has 0 saturated carbocycles. The highest BCUT2D eigenvalue weighted by Gasteiger charge is 2.10. The third-order valence-electron chi connectivity index (χ3n) is 2.90. The number of hydrogen-bond acceptors (Lipinski definition) is 3. The Morgan fingerprint density at radius 1 is 1.17 bits per heavy atom. The van der Waals surface area contributed by atoms with E-state index in [9.17, 15) is 5.11 Å². The van der Waals surface area contributed by atoms with Crippen LogP contribution in [0.15, 0.2) is 47.1 Å². The smallest absolute Gasteiger partial charge is 0.105 e. The molecule has 0 spiro atoms. The second kappa shape index (κ2) is 5.74. The molecular formula is C15H19NO2. The molecule has 2 N–H and O–H groups in total. The molecule has 0 radical (unpaired) electrons. The minimum absolute atomic E-state index is 0.246. The average Bonchev–Trinajstić information content (AvgIpc) is 2.82. The van der Waals surface area contributed by atoms with Gasteiger partial charge in [0.1, 0.15) is 5.76 Å². The van der Waals surface area contributed by atoms with E-state index in [0.717, 1.165) is 23.4 Å². The number of benzene rings is 1. The van der Waals surface area contributed by atoms with Crippen LogP contribution in [0.1, 0.15) is 31.3 Å². The van der Waals surface area contributed by atoms with Gasteiger partial charge in [0, 0.05) is 23.7 Å². The molecule has 1 heterocycles. The van der Waals surface area contributed by atoms with Crippen LogP contribution in [0.5, 0.6) is 0 Å². The molecule has 2 atom stereocenters. The lowest BCUT2D eigenvalue weighted by Gasteiger charge is -2.18. The molecule has 1 aromatic heterocycles. The topological polar surface area (TPSA) is 45.4 Å². The molecule has 96 valence electrons. The number of para-hydroxylation sites is 1. The lowest BCUT2D eigenvalue weighted by Crippen LogP contribution is -2.19. The van der Waals surface area contributed by atoms with E-state index in [0.29, 0.717) is 0 Å². The Hall–Kier alpha value is -1.74. The van der Waals surface area contributed by atoms with Crippen molar-refractivity contribution in [3.63, 3.8) is 0 Å². The van der Waals surface area contributed by atoms with Gasteiger partial charge in [0.15, 0.2) is 0 Å². The van der Waals surface area contributed by atoms with Gasteiger partial charge in [-0.05, 0) is 32.0 Å². The molecule has 0 aliphatic heterocycles. The van der Waals surface area contributed by atoms with Gasteiger partial charge in [-0.3, -0.25) is 0 Å². The van der Waals surface area contributed by atoms with Crippen LogP contribution in [-0.4, -0.2) is 11.1 Å². The first-order valence-electron chi connectivity index (χ1n) is 6.22. The monoisotopic (exact) mass is 245 g/mol. The van der Waals surface area contributed by atoms with Crippen LogP contribution in [0.2, 0.25) is 0 Å². The highest BCUT2D eigenvalue weighted by Crippen LogP contribution is 2.23. The van der Waals surface area contributed by atoms with Gasteiger partial charge < -0.3 is 14.8 Å². The van der Waals surface area contributed by atoms with E-state index in [1.54, 1.807) is 13.2 Å².